The van der Waals surface area contributed by atoms with Crippen LogP contribution in [0.2, 0.25) is 0 Å². The second-order valence-electron chi connectivity index (χ2n) is 6.87. The van der Waals surface area contributed by atoms with Crippen LogP contribution in [0.5, 0.6) is 0 Å². The molecule has 134 valence electrons. The van der Waals surface area contributed by atoms with Gasteiger partial charge in [0.25, 0.3) is 0 Å². The molecule has 0 aliphatic carbocycles. The van der Waals surface area contributed by atoms with Gasteiger partial charge in [-0.1, -0.05) is 30.3 Å². The van der Waals surface area contributed by atoms with Crippen molar-refractivity contribution in [3.63, 3.8) is 0 Å². The lowest BCUT2D eigenvalue weighted by Gasteiger charge is -2.19. The van der Waals surface area contributed by atoms with E-state index in [0.717, 1.165) is 47.1 Å². The largest absolute Gasteiger partial charge is 0.356 e. The summed E-state index contributed by atoms with van der Waals surface area (Å²) in [5, 5.41) is 4.78. The van der Waals surface area contributed by atoms with Crippen LogP contribution in [0.15, 0.2) is 66.7 Å². The minimum atomic E-state index is -0.246. The normalized spacial score (nSPS) is 14.2. The highest BCUT2D eigenvalue weighted by Gasteiger charge is 2.19. The maximum Gasteiger partial charge on any atom is 0.158 e. The third kappa shape index (κ3) is 2.95. The molecule has 0 spiro atoms. The Labute approximate surface area is 156 Å². The molecule has 0 bridgehead atoms. The van der Waals surface area contributed by atoms with Crippen molar-refractivity contribution in [3.8, 4) is 22.5 Å². The molecule has 5 heteroatoms. The van der Waals surface area contributed by atoms with Crippen molar-refractivity contribution in [2.45, 2.75) is 12.8 Å². The standard InChI is InChI=1S/C22H19FN4/c23-18-10-8-17(9-11-18)20-14-21-24-19(16-6-2-1-3-7-16)15-22(27(21)25-20)26-12-4-5-13-26/h1-3,6-11,14-15H,4-5,12-13H2. The van der Waals surface area contributed by atoms with E-state index in [1.807, 2.05) is 28.8 Å². The molecule has 0 amide bonds. The minimum Gasteiger partial charge on any atom is -0.356 e. The fourth-order valence-electron chi connectivity index (χ4n) is 3.65. The second kappa shape index (κ2) is 6.50. The zero-order valence-electron chi connectivity index (χ0n) is 14.8. The highest BCUT2D eigenvalue weighted by atomic mass is 19.1. The molecule has 0 saturated carbocycles. The molecule has 5 rings (SSSR count). The van der Waals surface area contributed by atoms with Crippen LogP contribution in [-0.2, 0) is 0 Å². The molecule has 4 nitrogen and oxygen atoms in total. The van der Waals surface area contributed by atoms with E-state index in [2.05, 4.69) is 23.1 Å². The van der Waals surface area contributed by atoms with Gasteiger partial charge in [-0.25, -0.2) is 9.37 Å². The van der Waals surface area contributed by atoms with Crippen LogP contribution in [0.25, 0.3) is 28.2 Å². The molecule has 4 aromatic rings. The topological polar surface area (TPSA) is 33.4 Å². The van der Waals surface area contributed by atoms with Gasteiger partial charge in [0.2, 0.25) is 0 Å². The SMILES string of the molecule is Fc1ccc(-c2cc3nc(-c4ccccc4)cc(N4CCCC4)n3n2)cc1. The van der Waals surface area contributed by atoms with Gasteiger partial charge in [-0.15, -0.1) is 0 Å². The molecule has 1 saturated heterocycles. The maximum absolute atomic E-state index is 13.3. The van der Waals surface area contributed by atoms with Crippen LogP contribution in [-0.4, -0.2) is 27.7 Å². The Hall–Kier alpha value is -3.21. The molecule has 2 aromatic heterocycles. The van der Waals surface area contributed by atoms with Gasteiger partial charge in [-0.05, 0) is 37.1 Å². The Bertz CT molecular complexity index is 1080. The molecule has 3 heterocycles. The van der Waals surface area contributed by atoms with Crippen LogP contribution >= 0.6 is 0 Å². The minimum absolute atomic E-state index is 0.246. The van der Waals surface area contributed by atoms with Crippen LogP contribution in [0.4, 0.5) is 10.2 Å². The molecule has 27 heavy (non-hydrogen) atoms. The quantitative estimate of drug-likeness (QED) is 0.527. The first kappa shape index (κ1) is 16.0. The van der Waals surface area contributed by atoms with Gasteiger partial charge < -0.3 is 4.90 Å². The van der Waals surface area contributed by atoms with Gasteiger partial charge in [-0.2, -0.15) is 9.61 Å². The number of hydrogen-bond acceptors (Lipinski definition) is 3. The molecule has 1 aliphatic heterocycles. The summed E-state index contributed by atoms with van der Waals surface area (Å²) in [6, 6.07) is 20.7. The zero-order chi connectivity index (χ0) is 18.2. The Morgan fingerprint density at radius 2 is 1.48 bits per heavy atom. The van der Waals surface area contributed by atoms with Gasteiger partial charge in [0.1, 0.15) is 11.6 Å². The molecular weight excluding hydrogens is 339 g/mol. The molecule has 0 atom stereocenters. The molecule has 1 fully saturated rings. The number of aromatic nitrogens is 3. The molecular formula is C22H19FN4. The number of halogens is 1. The Morgan fingerprint density at radius 3 is 2.22 bits per heavy atom. The smallest absolute Gasteiger partial charge is 0.158 e. The summed E-state index contributed by atoms with van der Waals surface area (Å²) in [5.74, 6) is 0.814. The first-order valence-electron chi connectivity index (χ1n) is 9.25. The third-order valence-electron chi connectivity index (χ3n) is 5.05. The number of benzene rings is 2. The van der Waals surface area contributed by atoms with E-state index in [-0.39, 0.29) is 5.82 Å². The summed E-state index contributed by atoms with van der Waals surface area (Å²) in [5.41, 5.74) is 4.52. The van der Waals surface area contributed by atoms with Crippen molar-refractivity contribution in [2.24, 2.45) is 0 Å². The van der Waals surface area contributed by atoms with E-state index in [9.17, 15) is 4.39 Å². The Balaban J connectivity index is 1.69. The van der Waals surface area contributed by atoms with Gasteiger partial charge in [0, 0.05) is 36.3 Å². The van der Waals surface area contributed by atoms with E-state index < -0.39 is 0 Å². The molecule has 0 unspecified atom stereocenters. The van der Waals surface area contributed by atoms with Crippen molar-refractivity contribution in [1.29, 1.82) is 0 Å². The lowest BCUT2D eigenvalue weighted by molar-refractivity contribution is 0.628. The number of rotatable bonds is 3. The number of fused-ring (bicyclic) bond motifs is 1. The lowest BCUT2D eigenvalue weighted by Crippen LogP contribution is -2.21. The van der Waals surface area contributed by atoms with Crippen molar-refractivity contribution in [2.75, 3.05) is 18.0 Å². The first-order chi connectivity index (χ1) is 13.3. The van der Waals surface area contributed by atoms with Gasteiger partial charge >= 0.3 is 0 Å². The average molecular weight is 358 g/mol. The molecule has 0 radical (unpaired) electrons. The third-order valence-corrected chi connectivity index (χ3v) is 5.05. The van der Waals surface area contributed by atoms with E-state index in [0.29, 0.717) is 0 Å². The highest BCUT2D eigenvalue weighted by Crippen LogP contribution is 2.29. The number of nitrogens with zero attached hydrogens (tertiary/aromatic N) is 4. The van der Waals surface area contributed by atoms with E-state index in [1.54, 1.807) is 12.1 Å². The first-order valence-corrected chi connectivity index (χ1v) is 9.25. The summed E-state index contributed by atoms with van der Waals surface area (Å²) in [6.45, 7) is 2.05. The molecule has 1 aliphatic rings. The van der Waals surface area contributed by atoms with Crippen molar-refractivity contribution in [3.05, 3.63) is 72.5 Å². The zero-order valence-corrected chi connectivity index (χ0v) is 14.8. The fraction of sp³-hybridized carbons (Fsp3) is 0.182. The van der Waals surface area contributed by atoms with Crippen LogP contribution in [0.3, 0.4) is 0 Å². The highest BCUT2D eigenvalue weighted by molar-refractivity contribution is 5.71. The average Bonchev–Trinajstić information content (AvgIpc) is 3.38. The maximum atomic E-state index is 13.3. The van der Waals surface area contributed by atoms with Crippen LogP contribution < -0.4 is 4.90 Å². The Kier molecular flexibility index (Phi) is 3.85. The Morgan fingerprint density at radius 1 is 0.778 bits per heavy atom. The predicted octanol–water partition coefficient (Wildman–Crippen LogP) is 4.80. The van der Waals surface area contributed by atoms with Gasteiger partial charge in [0.05, 0.1) is 11.4 Å². The van der Waals surface area contributed by atoms with E-state index in [4.69, 9.17) is 10.1 Å². The second-order valence-corrected chi connectivity index (χ2v) is 6.87. The van der Waals surface area contributed by atoms with Crippen LogP contribution in [0.1, 0.15) is 12.8 Å². The lowest BCUT2D eigenvalue weighted by atomic mass is 10.1. The number of anilines is 1. The molecule has 0 N–H and O–H groups in total. The van der Waals surface area contributed by atoms with Gasteiger partial charge in [-0.3, -0.25) is 0 Å². The van der Waals surface area contributed by atoms with Crippen molar-refractivity contribution < 1.29 is 4.39 Å². The van der Waals surface area contributed by atoms with Gasteiger partial charge in [0.15, 0.2) is 5.65 Å². The summed E-state index contributed by atoms with van der Waals surface area (Å²) < 4.78 is 15.2. The summed E-state index contributed by atoms with van der Waals surface area (Å²) in [7, 11) is 0. The van der Waals surface area contributed by atoms with Crippen molar-refractivity contribution >= 4 is 11.5 Å². The van der Waals surface area contributed by atoms with Crippen LogP contribution in [0, 0.1) is 5.82 Å². The summed E-state index contributed by atoms with van der Waals surface area (Å²) >= 11 is 0. The number of hydrogen-bond donors (Lipinski definition) is 0. The molecule has 2 aromatic carbocycles. The summed E-state index contributed by atoms with van der Waals surface area (Å²) in [6.07, 6.45) is 2.38. The summed E-state index contributed by atoms with van der Waals surface area (Å²) in [4.78, 5) is 7.20. The van der Waals surface area contributed by atoms with Crippen molar-refractivity contribution in [1.82, 2.24) is 14.6 Å². The van der Waals surface area contributed by atoms with E-state index >= 15 is 0 Å². The fourth-order valence-corrected chi connectivity index (χ4v) is 3.65. The predicted molar refractivity (Wildman–Crippen MR) is 105 cm³/mol. The monoisotopic (exact) mass is 358 g/mol. The van der Waals surface area contributed by atoms with E-state index in [1.165, 1.54) is 25.0 Å².